The standard InChI is InChI=1S/C18H24ClN5O2/c1-12(2)10-26-17-15(19)8-14(9-20-17)18(25)24-6-4-13(5-7-24)16-22-21-11-23(16)3/h8-9,11-13H,4-7,10H2,1-3H3. The molecular formula is C18H24ClN5O2. The molecule has 1 aliphatic heterocycles. The number of rotatable bonds is 5. The number of halogens is 1. The van der Waals surface area contributed by atoms with E-state index in [1.54, 1.807) is 18.6 Å². The minimum atomic E-state index is -0.0498. The molecule has 2 aromatic rings. The van der Waals surface area contributed by atoms with E-state index >= 15 is 0 Å². The fourth-order valence-electron chi connectivity index (χ4n) is 3.08. The summed E-state index contributed by atoms with van der Waals surface area (Å²) in [6.07, 6.45) is 4.99. The highest BCUT2D eigenvalue weighted by Gasteiger charge is 2.27. The second-order valence-electron chi connectivity index (χ2n) is 7.08. The summed E-state index contributed by atoms with van der Waals surface area (Å²) in [6, 6.07) is 1.64. The summed E-state index contributed by atoms with van der Waals surface area (Å²) in [5.41, 5.74) is 0.490. The van der Waals surface area contributed by atoms with Gasteiger partial charge in [-0.25, -0.2) is 4.98 Å². The largest absolute Gasteiger partial charge is 0.476 e. The van der Waals surface area contributed by atoms with Gasteiger partial charge in [0.1, 0.15) is 17.2 Å². The number of aryl methyl sites for hydroxylation is 1. The molecule has 0 radical (unpaired) electrons. The van der Waals surface area contributed by atoms with Gasteiger partial charge in [0.2, 0.25) is 5.88 Å². The van der Waals surface area contributed by atoms with E-state index in [9.17, 15) is 4.79 Å². The molecule has 1 fully saturated rings. The van der Waals surface area contributed by atoms with E-state index in [2.05, 4.69) is 29.0 Å². The second kappa shape index (κ2) is 8.03. The molecule has 1 aliphatic rings. The SMILES string of the molecule is CC(C)COc1ncc(C(=O)N2CCC(c3nncn3C)CC2)cc1Cl. The maximum atomic E-state index is 12.7. The zero-order valence-electron chi connectivity index (χ0n) is 15.4. The topological polar surface area (TPSA) is 73.1 Å². The molecular weight excluding hydrogens is 354 g/mol. The maximum absolute atomic E-state index is 12.7. The number of likely N-dealkylation sites (tertiary alicyclic amines) is 1. The molecule has 0 atom stereocenters. The zero-order chi connectivity index (χ0) is 18.7. The molecule has 0 bridgehead atoms. The molecule has 140 valence electrons. The van der Waals surface area contributed by atoms with Gasteiger partial charge < -0.3 is 14.2 Å². The summed E-state index contributed by atoms with van der Waals surface area (Å²) in [5, 5.41) is 8.49. The molecule has 0 unspecified atom stereocenters. The van der Waals surface area contributed by atoms with Crippen molar-refractivity contribution in [2.24, 2.45) is 13.0 Å². The molecule has 0 saturated carbocycles. The number of hydrogen-bond acceptors (Lipinski definition) is 5. The van der Waals surface area contributed by atoms with Gasteiger partial charge in [-0.05, 0) is 24.8 Å². The number of pyridine rings is 1. The van der Waals surface area contributed by atoms with Crippen molar-refractivity contribution in [1.29, 1.82) is 0 Å². The Kier molecular flexibility index (Phi) is 5.76. The predicted octanol–water partition coefficient (Wildman–Crippen LogP) is 2.92. The molecule has 1 saturated heterocycles. The molecule has 8 heteroatoms. The number of amides is 1. The number of ether oxygens (including phenoxy) is 1. The average molecular weight is 378 g/mol. The highest BCUT2D eigenvalue weighted by Crippen LogP contribution is 2.28. The third kappa shape index (κ3) is 4.15. The van der Waals surface area contributed by atoms with Crippen LogP contribution in [0.1, 0.15) is 48.8 Å². The van der Waals surface area contributed by atoms with E-state index in [0.29, 0.717) is 48.0 Å². The molecule has 26 heavy (non-hydrogen) atoms. The number of hydrogen-bond donors (Lipinski definition) is 0. The Morgan fingerprint density at radius 3 is 2.69 bits per heavy atom. The van der Waals surface area contributed by atoms with Crippen molar-refractivity contribution in [3.05, 3.63) is 35.0 Å². The molecule has 3 rings (SSSR count). The smallest absolute Gasteiger partial charge is 0.255 e. The lowest BCUT2D eigenvalue weighted by Gasteiger charge is -2.31. The van der Waals surface area contributed by atoms with Crippen LogP contribution in [0, 0.1) is 5.92 Å². The zero-order valence-corrected chi connectivity index (χ0v) is 16.1. The van der Waals surface area contributed by atoms with Crippen LogP contribution in [0.3, 0.4) is 0 Å². The number of nitrogens with zero attached hydrogens (tertiary/aromatic N) is 5. The molecule has 0 aromatic carbocycles. The summed E-state index contributed by atoms with van der Waals surface area (Å²) < 4.78 is 7.51. The van der Waals surface area contributed by atoms with Gasteiger partial charge in [0.25, 0.3) is 5.91 Å². The van der Waals surface area contributed by atoms with Crippen LogP contribution < -0.4 is 4.74 Å². The van der Waals surface area contributed by atoms with Crippen molar-refractivity contribution < 1.29 is 9.53 Å². The van der Waals surface area contributed by atoms with Crippen molar-refractivity contribution in [1.82, 2.24) is 24.6 Å². The molecule has 0 N–H and O–H groups in total. The molecule has 7 nitrogen and oxygen atoms in total. The third-order valence-electron chi connectivity index (χ3n) is 4.50. The fraction of sp³-hybridized carbons (Fsp3) is 0.556. The van der Waals surface area contributed by atoms with Crippen LogP contribution in [0.4, 0.5) is 0 Å². The van der Waals surface area contributed by atoms with Crippen LogP contribution in [-0.4, -0.2) is 50.3 Å². The van der Waals surface area contributed by atoms with Crippen molar-refractivity contribution in [2.45, 2.75) is 32.6 Å². The quantitative estimate of drug-likeness (QED) is 0.801. The second-order valence-corrected chi connectivity index (χ2v) is 7.49. The predicted molar refractivity (Wildman–Crippen MR) is 98.5 cm³/mol. The first-order valence-corrected chi connectivity index (χ1v) is 9.25. The summed E-state index contributed by atoms with van der Waals surface area (Å²) >= 11 is 6.23. The van der Waals surface area contributed by atoms with E-state index < -0.39 is 0 Å². The first kappa shape index (κ1) is 18.6. The summed E-state index contributed by atoms with van der Waals surface area (Å²) in [7, 11) is 1.95. The minimum Gasteiger partial charge on any atom is -0.476 e. The Bertz CT molecular complexity index is 769. The van der Waals surface area contributed by atoms with Crippen molar-refractivity contribution in [3.63, 3.8) is 0 Å². The highest BCUT2D eigenvalue weighted by molar-refractivity contribution is 6.32. The van der Waals surface area contributed by atoms with Gasteiger partial charge in [0, 0.05) is 32.3 Å². The van der Waals surface area contributed by atoms with E-state index in [0.717, 1.165) is 18.7 Å². The number of aromatic nitrogens is 4. The van der Waals surface area contributed by atoms with Crippen LogP contribution in [0.2, 0.25) is 5.02 Å². The summed E-state index contributed by atoms with van der Waals surface area (Å²) in [4.78, 5) is 18.8. The molecule has 1 amide bonds. The number of piperidine rings is 1. The Hall–Kier alpha value is -2.15. The molecule has 3 heterocycles. The van der Waals surface area contributed by atoms with Gasteiger partial charge in [0.05, 0.1) is 12.2 Å². The van der Waals surface area contributed by atoms with Crippen LogP contribution in [0.25, 0.3) is 0 Å². The lowest BCUT2D eigenvalue weighted by Crippen LogP contribution is -2.38. The number of carbonyl (C=O) groups is 1. The van der Waals surface area contributed by atoms with Gasteiger partial charge in [-0.15, -0.1) is 10.2 Å². The lowest BCUT2D eigenvalue weighted by atomic mass is 9.95. The van der Waals surface area contributed by atoms with Crippen molar-refractivity contribution >= 4 is 17.5 Å². The Morgan fingerprint density at radius 2 is 2.12 bits per heavy atom. The van der Waals surface area contributed by atoms with Gasteiger partial charge in [-0.3, -0.25) is 4.79 Å². The Labute approximate surface area is 158 Å². The highest BCUT2D eigenvalue weighted by atomic mass is 35.5. The van der Waals surface area contributed by atoms with E-state index in [1.165, 1.54) is 0 Å². The monoisotopic (exact) mass is 377 g/mol. The summed E-state index contributed by atoms with van der Waals surface area (Å²) in [5.74, 6) is 2.02. The molecule has 0 spiro atoms. The van der Waals surface area contributed by atoms with Gasteiger partial charge in [-0.1, -0.05) is 25.4 Å². The van der Waals surface area contributed by atoms with E-state index in [4.69, 9.17) is 16.3 Å². The van der Waals surface area contributed by atoms with Crippen molar-refractivity contribution in [3.8, 4) is 5.88 Å². The number of carbonyl (C=O) groups excluding carboxylic acids is 1. The van der Waals surface area contributed by atoms with E-state index in [-0.39, 0.29) is 5.91 Å². The molecule has 2 aromatic heterocycles. The van der Waals surface area contributed by atoms with Crippen LogP contribution >= 0.6 is 11.6 Å². The Morgan fingerprint density at radius 1 is 1.38 bits per heavy atom. The average Bonchev–Trinajstić information content (AvgIpc) is 3.06. The maximum Gasteiger partial charge on any atom is 0.255 e. The van der Waals surface area contributed by atoms with Gasteiger partial charge >= 0.3 is 0 Å². The van der Waals surface area contributed by atoms with Crippen LogP contribution in [0.15, 0.2) is 18.6 Å². The summed E-state index contributed by atoms with van der Waals surface area (Å²) in [6.45, 7) is 6.00. The van der Waals surface area contributed by atoms with Crippen molar-refractivity contribution in [2.75, 3.05) is 19.7 Å². The fourth-order valence-corrected chi connectivity index (χ4v) is 3.30. The van der Waals surface area contributed by atoms with Crippen LogP contribution in [-0.2, 0) is 7.05 Å². The molecule has 0 aliphatic carbocycles. The van der Waals surface area contributed by atoms with Crippen LogP contribution in [0.5, 0.6) is 5.88 Å². The van der Waals surface area contributed by atoms with Gasteiger partial charge in [-0.2, -0.15) is 0 Å². The van der Waals surface area contributed by atoms with E-state index in [1.807, 2.05) is 16.5 Å². The Balaban J connectivity index is 1.61. The van der Waals surface area contributed by atoms with Gasteiger partial charge in [0.15, 0.2) is 0 Å². The first-order valence-electron chi connectivity index (χ1n) is 8.87. The minimum absolute atomic E-state index is 0.0498. The lowest BCUT2D eigenvalue weighted by molar-refractivity contribution is 0.0710. The first-order chi connectivity index (χ1) is 12.5. The third-order valence-corrected chi connectivity index (χ3v) is 4.77. The normalized spacial score (nSPS) is 15.5.